The van der Waals surface area contributed by atoms with Crippen molar-refractivity contribution in [1.82, 2.24) is 0 Å². The smallest absolute Gasteiger partial charge is 0.337 e. The molecule has 0 saturated carbocycles. The van der Waals surface area contributed by atoms with Crippen LogP contribution in [-0.2, 0) is 4.74 Å². The van der Waals surface area contributed by atoms with Gasteiger partial charge >= 0.3 is 5.97 Å². The molecule has 7 heteroatoms. The summed E-state index contributed by atoms with van der Waals surface area (Å²) in [4.78, 5) is 33.8. The minimum atomic E-state index is -0.536. The lowest BCUT2D eigenvalue weighted by atomic mass is 10.1. The van der Waals surface area contributed by atoms with Crippen LogP contribution in [-0.4, -0.2) is 23.9 Å². The highest BCUT2D eigenvalue weighted by atomic mass is 16.6. The van der Waals surface area contributed by atoms with E-state index < -0.39 is 16.8 Å². The highest BCUT2D eigenvalue weighted by Gasteiger charge is 2.13. The van der Waals surface area contributed by atoms with Gasteiger partial charge in [-0.25, -0.2) is 4.79 Å². The molecule has 0 saturated heterocycles. The zero-order valence-corrected chi connectivity index (χ0v) is 12.5. The molecule has 0 aliphatic rings. The second-order valence-electron chi connectivity index (χ2n) is 4.78. The van der Waals surface area contributed by atoms with E-state index in [4.69, 9.17) is 0 Å². The zero-order chi connectivity index (χ0) is 17.0. The van der Waals surface area contributed by atoms with Crippen LogP contribution in [0, 0.1) is 17.0 Å². The standard InChI is InChI=1S/C16H14N2O5/c1-10-3-4-12(16(20)23-2)9-14(10)17-15(19)11-5-7-13(8-6-11)18(21)22/h3-9H,1-2H3,(H,17,19). The monoisotopic (exact) mass is 314 g/mol. The van der Waals surface area contributed by atoms with E-state index in [0.29, 0.717) is 11.3 Å². The molecule has 0 aliphatic carbocycles. The number of rotatable bonds is 4. The van der Waals surface area contributed by atoms with Crippen molar-refractivity contribution in [2.45, 2.75) is 6.92 Å². The van der Waals surface area contributed by atoms with Crippen molar-refractivity contribution in [2.75, 3.05) is 12.4 Å². The van der Waals surface area contributed by atoms with E-state index >= 15 is 0 Å². The molecule has 2 rings (SSSR count). The number of benzene rings is 2. The van der Waals surface area contributed by atoms with Crippen molar-refractivity contribution in [3.63, 3.8) is 0 Å². The van der Waals surface area contributed by atoms with E-state index in [1.54, 1.807) is 19.1 Å². The molecule has 0 spiro atoms. The third kappa shape index (κ3) is 3.70. The first-order chi connectivity index (χ1) is 10.9. The molecule has 7 nitrogen and oxygen atoms in total. The normalized spacial score (nSPS) is 10.0. The number of hydrogen-bond acceptors (Lipinski definition) is 5. The molecule has 2 aromatic carbocycles. The van der Waals surface area contributed by atoms with E-state index in [2.05, 4.69) is 10.1 Å². The number of aryl methyl sites for hydroxylation is 1. The van der Waals surface area contributed by atoms with Gasteiger partial charge in [0.25, 0.3) is 11.6 Å². The molecule has 0 heterocycles. The van der Waals surface area contributed by atoms with E-state index in [1.165, 1.54) is 37.4 Å². The summed E-state index contributed by atoms with van der Waals surface area (Å²) in [6.07, 6.45) is 0. The summed E-state index contributed by atoms with van der Waals surface area (Å²) >= 11 is 0. The molecular weight excluding hydrogens is 300 g/mol. The summed E-state index contributed by atoms with van der Waals surface area (Å²) in [6, 6.07) is 10.1. The second kappa shape index (κ2) is 6.69. The molecular formula is C16H14N2O5. The lowest BCUT2D eigenvalue weighted by Crippen LogP contribution is -2.13. The molecule has 118 valence electrons. The number of amides is 1. The summed E-state index contributed by atoms with van der Waals surface area (Å²) in [6.45, 7) is 1.78. The summed E-state index contributed by atoms with van der Waals surface area (Å²) < 4.78 is 4.64. The van der Waals surface area contributed by atoms with Gasteiger partial charge in [0, 0.05) is 23.4 Å². The molecule has 1 N–H and O–H groups in total. The van der Waals surface area contributed by atoms with Crippen LogP contribution in [0.15, 0.2) is 42.5 Å². The molecule has 1 amide bonds. The Balaban J connectivity index is 2.22. The maximum Gasteiger partial charge on any atom is 0.337 e. The molecule has 2 aromatic rings. The molecule has 0 unspecified atom stereocenters. The van der Waals surface area contributed by atoms with Crippen LogP contribution >= 0.6 is 0 Å². The van der Waals surface area contributed by atoms with Crippen LogP contribution in [0.5, 0.6) is 0 Å². The predicted octanol–water partition coefficient (Wildman–Crippen LogP) is 2.94. The molecule has 0 aliphatic heterocycles. The van der Waals surface area contributed by atoms with Gasteiger partial charge in [0.15, 0.2) is 0 Å². The molecule has 0 atom stereocenters. The number of nitrogens with zero attached hydrogens (tertiary/aromatic N) is 1. The van der Waals surface area contributed by atoms with Crippen LogP contribution in [0.2, 0.25) is 0 Å². The Labute approximate surface area is 132 Å². The van der Waals surface area contributed by atoms with Crippen LogP contribution < -0.4 is 5.32 Å². The molecule has 0 bridgehead atoms. The summed E-state index contributed by atoms with van der Waals surface area (Å²) in [7, 11) is 1.28. The Morgan fingerprint density at radius 2 is 1.70 bits per heavy atom. The number of hydrogen-bond donors (Lipinski definition) is 1. The first-order valence-corrected chi connectivity index (χ1v) is 6.67. The predicted molar refractivity (Wildman–Crippen MR) is 83.6 cm³/mol. The van der Waals surface area contributed by atoms with Crippen molar-refractivity contribution >= 4 is 23.3 Å². The van der Waals surface area contributed by atoms with Crippen LogP contribution in [0.3, 0.4) is 0 Å². The number of carbonyl (C=O) groups is 2. The van der Waals surface area contributed by atoms with Crippen molar-refractivity contribution in [3.05, 3.63) is 69.3 Å². The van der Waals surface area contributed by atoms with E-state index in [9.17, 15) is 19.7 Å². The van der Waals surface area contributed by atoms with Crippen LogP contribution in [0.1, 0.15) is 26.3 Å². The maximum absolute atomic E-state index is 12.2. The average molecular weight is 314 g/mol. The number of nitrogens with one attached hydrogen (secondary N) is 1. The Kier molecular flexibility index (Phi) is 4.70. The van der Waals surface area contributed by atoms with E-state index in [1.807, 2.05) is 0 Å². The van der Waals surface area contributed by atoms with Crippen molar-refractivity contribution in [2.24, 2.45) is 0 Å². The van der Waals surface area contributed by atoms with E-state index in [-0.39, 0.29) is 11.3 Å². The molecule has 23 heavy (non-hydrogen) atoms. The highest BCUT2D eigenvalue weighted by Crippen LogP contribution is 2.19. The van der Waals surface area contributed by atoms with Gasteiger partial charge < -0.3 is 10.1 Å². The SMILES string of the molecule is COC(=O)c1ccc(C)c(NC(=O)c2ccc([N+](=O)[O-])cc2)c1. The summed E-state index contributed by atoms with van der Waals surface area (Å²) in [5.74, 6) is -0.930. The quantitative estimate of drug-likeness (QED) is 0.531. The Morgan fingerprint density at radius 1 is 1.09 bits per heavy atom. The minimum Gasteiger partial charge on any atom is -0.465 e. The Hall–Kier alpha value is -3.22. The first kappa shape index (κ1) is 16.2. The largest absolute Gasteiger partial charge is 0.465 e. The fourth-order valence-electron chi connectivity index (χ4n) is 1.93. The summed E-state index contributed by atoms with van der Waals surface area (Å²) in [5.41, 5.74) is 1.74. The van der Waals surface area contributed by atoms with E-state index in [0.717, 1.165) is 5.56 Å². The number of esters is 1. The van der Waals surface area contributed by atoms with Crippen molar-refractivity contribution in [3.8, 4) is 0 Å². The van der Waals surface area contributed by atoms with Gasteiger partial charge in [0.2, 0.25) is 0 Å². The minimum absolute atomic E-state index is 0.0922. The van der Waals surface area contributed by atoms with Gasteiger partial charge in [-0.3, -0.25) is 14.9 Å². The molecule has 0 aromatic heterocycles. The third-order valence-corrected chi connectivity index (χ3v) is 3.25. The third-order valence-electron chi connectivity index (χ3n) is 3.25. The Morgan fingerprint density at radius 3 is 2.26 bits per heavy atom. The van der Waals surface area contributed by atoms with Gasteiger partial charge in [-0.05, 0) is 36.8 Å². The van der Waals surface area contributed by atoms with Crippen molar-refractivity contribution < 1.29 is 19.2 Å². The summed E-state index contributed by atoms with van der Waals surface area (Å²) in [5, 5.41) is 13.3. The fourth-order valence-corrected chi connectivity index (χ4v) is 1.93. The lowest BCUT2D eigenvalue weighted by Gasteiger charge is -2.10. The fraction of sp³-hybridized carbons (Fsp3) is 0.125. The second-order valence-corrected chi connectivity index (χ2v) is 4.78. The van der Waals surface area contributed by atoms with Crippen LogP contribution in [0.4, 0.5) is 11.4 Å². The van der Waals surface area contributed by atoms with Gasteiger partial charge in [-0.1, -0.05) is 6.07 Å². The number of nitro groups is 1. The highest BCUT2D eigenvalue weighted by molar-refractivity contribution is 6.05. The Bertz CT molecular complexity index is 769. The maximum atomic E-state index is 12.2. The number of methoxy groups -OCH3 is 1. The number of carbonyl (C=O) groups excluding carboxylic acids is 2. The van der Waals surface area contributed by atoms with Crippen molar-refractivity contribution in [1.29, 1.82) is 0 Å². The topological polar surface area (TPSA) is 98.5 Å². The number of ether oxygens (including phenoxy) is 1. The average Bonchev–Trinajstić information content (AvgIpc) is 2.56. The lowest BCUT2D eigenvalue weighted by molar-refractivity contribution is -0.384. The first-order valence-electron chi connectivity index (χ1n) is 6.67. The molecule has 0 radical (unpaired) electrons. The number of non-ortho nitro benzene ring substituents is 1. The van der Waals surface area contributed by atoms with Gasteiger partial charge in [0.05, 0.1) is 17.6 Å². The zero-order valence-electron chi connectivity index (χ0n) is 12.5. The van der Waals surface area contributed by atoms with Gasteiger partial charge in [0.1, 0.15) is 0 Å². The van der Waals surface area contributed by atoms with Gasteiger partial charge in [-0.2, -0.15) is 0 Å². The number of anilines is 1. The molecule has 0 fully saturated rings. The van der Waals surface area contributed by atoms with Gasteiger partial charge in [-0.15, -0.1) is 0 Å². The van der Waals surface area contributed by atoms with Crippen LogP contribution in [0.25, 0.3) is 0 Å². The number of nitro benzene ring substituents is 1.